The lowest BCUT2D eigenvalue weighted by Gasteiger charge is -2.02. The lowest BCUT2D eigenvalue weighted by Crippen LogP contribution is -2.15. The smallest absolute Gasteiger partial charge is 0.293 e. The number of rotatable bonds is 4. The van der Waals surface area contributed by atoms with E-state index in [2.05, 4.69) is 15.3 Å². The van der Waals surface area contributed by atoms with Crippen molar-refractivity contribution in [1.82, 2.24) is 9.97 Å². The van der Waals surface area contributed by atoms with E-state index in [1.165, 1.54) is 18.4 Å². The van der Waals surface area contributed by atoms with Crippen molar-refractivity contribution in [2.45, 2.75) is 0 Å². The van der Waals surface area contributed by atoms with Crippen molar-refractivity contribution in [3.05, 3.63) is 58.2 Å². The third-order valence-electron chi connectivity index (χ3n) is 2.94. The highest BCUT2D eigenvalue weighted by molar-refractivity contribution is 7.14. The number of hydrogen-bond acceptors (Lipinski definition) is 7. The Kier molecular flexibility index (Phi) is 4.15. The third kappa shape index (κ3) is 3.27. The summed E-state index contributed by atoms with van der Waals surface area (Å²) in [7, 11) is 1.35. The summed E-state index contributed by atoms with van der Waals surface area (Å²) in [5.74, 6) is -0.632. The van der Waals surface area contributed by atoms with Crippen LogP contribution >= 0.6 is 11.3 Å². The molecule has 0 spiro atoms. The standard InChI is InChI=1S/C15H11N3O4S/c1-21-13-7-22-12(6-11(13)19)14(20)18-15-17-10(8-23-15)9-2-4-16-5-3-9/h2-8H,1H3,(H,17,18,20). The molecule has 0 radical (unpaired) electrons. The molecule has 0 bridgehead atoms. The van der Waals surface area contributed by atoms with E-state index >= 15 is 0 Å². The average Bonchev–Trinajstić information content (AvgIpc) is 3.04. The number of nitrogens with one attached hydrogen (secondary N) is 1. The summed E-state index contributed by atoms with van der Waals surface area (Å²) in [6.45, 7) is 0. The molecule has 1 N–H and O–H groups in total. The highest BCUT2D eigenvalue weighted by atomic mass is 32.1. The molecular formula is C15H11N3O4S. The summed E-state index contributed by atoms with van der Waals surface area (Å²) >= 11 is 1.27. The van der Waals surface area contributed by atoms with Gasteiger partial charge in [0.25, 0.3) is 5.91 Å². The molecule has 3 aromatic heterocycles. The summed E-state index contributed by atoms with van der Waals surface area (Å²) in [5, 5.41) is 4.81. The topological polar surface area (TPSA) is 94.3 Å². The van der Waals surface area contributed by atoms with Crippen LogP contribution in [0.3, 0.4) is 0 Å². The van der Waals surface area contributed by atoms with Gasteiger partial charge in [0.2, 0.25) is 11.2 Å². The molecule has 0 saturated heterocycles. The number of ether oxygens (including phenoxy) is 1. The highest BCUT2D eigenvalue weighted by Gasteiger charge is 2.14. The molecule has 8 heteroatoms. The lowest BCUT2D eigenvalue weighted by atomic mass is 10.2. The van der Waals surface area contributed by atoms with Gasteiger partial charge in [-0.25, -0.2) is 4.98 Å². The molecule has 23 heavy (non-hydrogen) atoms. The fourth-order valence-electron chi connectivity index (χ4n) is 1.81. The zero-order chi connectivity index (χ0) is 16.2. The minimum atomic E-state index is -0.555. The predicted molar refractivity (Wildman–Crippen MR) is 84.8 cm³/mol. The van der Waals surface area contributed by atoms with Gasteiger partial charge in [-0.1, -0.05) is 0 Å². The summed E-state index contributed by atoms with van der Waals surface area (Å²) in [6, 6.07) is 4.72. The molecule has 116 valence electrons. The van der Waals surface area contributed by atoms with E-state index in [0.29, 0.717) is 5.13 Å². The molecule has 3 aromatic rings. The fraction of sp³-hybridized carbons (Fsp3) is 0.0667. The van der Waals surface area contributed by atoms with E-state index in [0.717, 1.165) is 23.6 Å². The molecular weight excluding hydrogens is 318 g/mol. The van der Waals surface area contributed by atoms with Crippen LogP contribution in [-0.4, -0.2) is 23.0 Å². The number of carbonyl (C=O) groups is 1. The minimum Gasteiger partial charge on any atom is -0.490 e. The van der Waals surface area contributed by atoms with E-state index in [4.69, 9.17) is 9.15 Å². The Morgan fingerprint density at radius 2 is 2.13 bits per heavy atom. The number of nitrogens with zero attached hydrogens (tertiary/aromatic N) is 2. The summed E-state index contributed by atoms with van der Waals surface area (Å²) in [4.78, 5) is 32.0. The summed E-state index contributed by atoms with van der Waals surface area (Å²) < 4.78 is 9.88. The Hall–Kier alpha value is -3.00. The van der Waals surface area contributed by atoms with E-state index < -0.39 is 11.3 Å². The first-order valence-corrected chi connectivity index (χ1v) is 7.39. The molecule has 0 unspecified atom stereocenters. The molecule has 0 fully saturated rings. The summed E-state index contributed by atoms with van der Waals surface area (Å²) in [5.41, 5.74) is 1.19. The second kappa shape index (κ2) is 6.41. The van der Waals surface area contributed by atoms with Gasteiger partial charge in [0.1, 0.15) is 6.26 Å². The van der Waals surface area contributed by atoms with Crippen molar-refractivity contribution in [3.8, 4) is 17.0 Å². The largest absolute Gasteiger partial charge is 0.490 e. The second-order valence-corrected chi connectivity index (χ2v) is 5.26. The van der Waals surface area contributed by atoms with Crippen LogP contribution in [0, 0.1) is 0 Å². The van der Waals surface area contributed by atoms with Crippen LogP contribution in [0.5, 0.6) is 5.75 Å². The molecule has 0 aliphatic rings. The Morgan fingerprint density at radius 3 is 2.83 bits per heavy atom. The number of aromatic nitrogens is 2. The van der Waals surface area contributed by atoms with Crippen molar-refractivity contribution >= 4 is 22.4 Å². The van der Waals surface area contributed by atoms with Crippen LogP contribution in [0.25, 0.3) is 11.3 Å². The van der Waals surface area contributed by atoms with Gasteiger partial charge in [-0.15, -0.1) is 11.3 Å². The lowest BCUT2D eigenvalue weighted by molar-refractivity contribution is 0.0993. The number of amides is 1. The second-order valence-electron chi connectivity index (χ2n) is 4.40. The molecule has 0 atom stereocenters. The SMILES string of the molecule is COc1coc(C(=O)Nc2nc(-c3ccncc3)cs2)cc1=O. The number of anilines is 1. The van der Waals surface area contributed by atoms with Gasteiger partial charge in [0.05, 0.1) is 12.8 Å². The van der Waals surface area contributed by atoms with Crippen molar-refractivity contribution in [2.24, 2.45) is 0 Å². The zero-order valence-electron chi connectivity index (χ0n) is 12.0. The van der Waals surface area contributed by atoms with Crippen LogP contribution in [0.1, 0.15) is 10.6 Å². The third-order valence-corrected chi connectivity index (χ3v) is 3.70. The molecule has 3 heterocycles. The first kappa shape index (κ1) is 14.9. The summed E-state index contributed by atoms with van der Waals surface area (Å²) in [6.07, 6.45) is 4.43. The maximum atomic E-state index is 12.1. The van der Waals surface area contributed by atoms with Crippen LogP contribution < -0.4 is 15.5 Å². The van der Waals surface area contributed by atoms with E-state index in [1.807, 2.05) is 17.5 Å². The van der Waals surface area contributed by atoms with Crippen LogP contribution in [0.15, 0.2) is 51.4 Å². The van der Waals surface area contributed by atoms with E-state index in [9.17, 15) is 9.59 Å². The number of pyridine rings is 1. The molecule has 7 nitrogen and oxygen atoms in total. The Labute approximate surface area is 134 Å². The van der Waals surface area contributed by atoms with Crippen molar-refractivity contribution in [1.29, 1.82) is 0 Å². The van der Waals surface area contributed by atoms with Crippen molar-refractivity contribution in [3.63, 3.8) is 0 Å². The molecule has 3 rings (SSSR count). The van der Waals surface area contributed by atoms with Crippen LogP contribution in [0.4, 0.5) is 5.13 Å². The predicted octanol–water partition coefficient (Wildman–Crippen LogP) is 2.42. The van der Waals surface area contributed by atoms with Crippen molar-refractivity contribution in [2.75, 3.05) is 12.4 Å². The van der Waals surface area contributed by atoms with Gasteiger partial charge in [-0.05, 0) is 12.1 Å². The first-order chi connectivity index (χ1) is 11.2. The van der Waals surface area contributed by atoms with Gasteiger partial charge >= 0.3 is 0 Å². The van der Waals surface area contributed by atoms with Gasteiger partial charge in [0, 0.05) is 29.4 Å². The zero-order valence-corrected chi connectivity index (χ0v) is 12.8. The fourth-order valence-corrected chi connectivity index (χ4v) is 2.53. The monoisotopic (exact) mass is 329 g/mol. The number of methoxy groups -OCH3 is 1. The van der Waals surface area contributed by atoms with Gasteiger partial charge in [0.15, 0.2) is 10.9 Å². The van der Waals surface area contributed by atoms with Gasteiger partial charge < -0.3 is 9.15 Å². The molecule has 0 aliphatic carbocycles. The van der Waals surface area contributed by atoms with E-state index in [-0.39, 0.29) is 11.5 Å². The molecule has 0 aliphatic heterocycles. The highest BCUT2D eigenvalue weighted by Crippen LogP contribution is 2.24. The number of thiazole rings is 1. The maximum Gasteiger partial charge on any atom is 0.293 e. The van der Waals surface area contributed by atoms with Crippen LogP contribution in [0.2, 0.25) is 0 Å². The first-order valence-electron chi connectivity index (χ1n) is 6.51. The molecule has 0 aromatic carbocycles. The Balaban J connectivity index is 1.77. The average molecular weight is 329 g/mol. The normalized spacial score (nSPS) is 10.3. The van der Waals surface area contributed by atoms with Gasteiger partial charge in [-0.2, -0.15) is 0 Å². The Morgan fingerprint density at radius 1 is 1.35 bits per heavy atom. The molecule has 0 saturated carbocycles. The Bertz CT molecular complexity index is 889. The molecule has 1 amide bonds. The van der Waals surface area contributed by atoms with Gasteiger partial charge in [-0.3, -0.25) is 19.9 Å². The maximum absolute atomic E-state index is 12.1. The minimum absolute atomic E-state index is 0.0378. The number of carbonyl (C=O) groups excluding carboxylic acids is 1. The van der Waals surface area contributed by atoms with Crippen LogP contribution in [-0.2, 0) is 0 Å². The van der Waals surface area contributed by atoms with E-state index in [1.54, 1.807) is 12.4 Å². The van der Waals surface area contributed by atoms with Crippen molar-refractivity contribution < 1.29 is 13.9 Å². The quantitative estimate of drug-likeness (QED) is 0.790. The number of hydrogen-bond donors (Lipinski definition) is 1.